The predicted octanol–water partition coefficient (Wildman–Crippen LogP) is 3.13. The molecular formula is C10H10FN. The Morgan fingerprint density at radius 3 is 2.75 bits per heavy atom. The van der Waals surface area contributed by atoms with Gasteiger partial charge in [-0.05, 0) is 24.4 Å². The molecular weight excluding hydrogens is 153 g/mol. The first-order chi connectivity index (χ1) is 5.79. The highest BCUT2D eigenvalue weighted by atomic mass is 19.1. The molecule has 0 N–H and O–H groups in total. The van der Waals surface area contributed by atoms with E-state index in [-0.39, 0.29) is 0 Å². The van der Waals surface area contributed by atoms with E-state index in [4.69, 9.17) is 0 Å². The van der Waals surface area contributed by atoms with Crippen molar-refractivity contribution in [2.45, 2.75) is 13.2 Å². The van der Waals surface area contributed by atoms with Crippen LogP contribution in [-0.2, 0) is 0 Å². The fourth-order valence-electron chi connectivity index (χ4n) is 1.41. The zero-order valence-corrected chi connectivity index (χ0v) is 6.87. The molecule has 0 amide bonds. The number of para-hydroxylation sites is 1. The largest absolute Gasteiger partial charge is 0.317 e. The van der Waals surface area contributed by atoms with Gasteiger partial charge in [-0.2, -0.15) is 0 Å². The normalized spacial score (nSPS) is 13.5. The van der Waals surface area contributed by atoms with Gasteiger partial charge in [-0.15, -0.1) is 0 Å². The third-order valence-electron chi connectivity index (χ3n) is 2.01. The number of benzene rings is 1. The van der Waals surface area contributed by atoms with E-state index in [1.165, 1.54) is 6.92 Å². The number of hydrogen-bond donors (Lipinski definition) is 0. The van der Waals surface area contributed by atoms with Crippen molar-refractivity contribution in [3.63, 3.8) is 0 Å². The van der Waals surface area contributed by atoms with Crippen molar-refractivity contribution < 1.29 is 4.39 Å². The first-order valence-electron chi connectivity index (χ1n) is 3.98. The summed E-state index contributed by atoms with van der Waals surface area (Å²) in [7, 11) is 0. The first-order valence-corrected chi connectivity index (χ1v) is 3.98. The minimum absolute atomic E-state index is 0.951. The lowest BCUT2D eigenvalue weighted by Crippen LogP contribution is -1.95. The van der Waals surface area contributed by atoms with E-state index < -0.39 is 6.30 Å². The van der Waals surface area contributed by atoms with E-state index in [0.717, 1.165) is 10.9 Å². The molecule has 1 atom stereocenters. The van der Waals surface area contributed by atoms with Gasteiger partial charge >= 0.3 is 0 Å². The zero-order valence-electron chi connectivity index (χ0n) is 6.87. The highest BCUT2D eigenvalue weighted by molar-refractivity contribution is 5.79. The van der Waals surface area contributed by atoms with Crippen LogP contribution < -0.4 is 0 Å². The van der Waals surface area contributed by atoms with Gasteiger partial charge in [-0.3, -0.25) is 0 Å². The lowest BCUT2D eigenvalue weighted by molar-refractivity contribution is 0.275. The zero-order chi connectivity index (χ0) is 8.55. The van der Waals surface area contributed by atoms with Crippen LogP contribution >= 0.6 is 0 Å². The minimum Gasteiger partial charge on any atom is -0.317 e. The molecule has 1 heterocycles. The third-order valence-corrected chi connectivity index (χ3v) is 2.01. The molecule has 2 rings (SSSR count). The summed E-state index contributed by atoms with van der Waals surface area (Å²) in [5.74, 6) is 0. The van der Waals surface area contributed by atoms with E-state index in [1.807, 2.05) is 30.3 Å². The number of rotatable bonds is 1. The molecule has 0 spiro atoms. The minimum atomic E-state index is -0.954. The second-order valence-electron chi connectivity index (χ2n) is 2.86. The first kappa shape index (κ1) is 7.35. The summed E-state index contributed by atoms with van der Waals surface area (Å²) in [5.41, 5.74) is 0.951. The average molecular weight is 163 g/mol. The average Bonchev–Trinajstić information content (AvgIpc) is 2.47. The Morgan fingerprint density at radius 2 is 2.00 bits per heavy atom. The molecule has 1 aromatic heterocycles. The molecule has 0 aliphatic rings. The fraction of sp³-hybridized carbons (Fsp3) is 0.200. The maximum Gasteiger partial charge on any atom is 0.173 e. The van der Waals surface area contributed by atoms with Crippen molar-refractivity contribution in [2.24, 2.45) is 0 Å². The SMILES string of the molecule is CC(F)n1ccc2ccccc21. The fourth-order valence-corrected chi connectivity index (χ4v) is 1.41. The smallest absolute Gasteiger partial charge is 0.173 e. The van der Waals surface area contributed by atoms with Gasteiger partial charge in [0.05, 0.1) is 5.52 Å². The Balaban J connectivity index is 2.70. The van der Waals surface area contributed by atoms with Gasteiger partial charge in [0.1, 0.15) is 0 Å². The van der Waals surface area contributed by atoms with E-state index in [2.05, 4.69) is 0 Å². The molecule has 2 aromatic rings. The Morgan fingerprint density at radius 1 is 1.25 bits per heavy atom. The lowest BCUT2D eigenvalue weighted by atomic mass is 10.2. The predicted molar refractivity (Wildman–Crippen MR) is 47.8 cm³/mol. The topological polar surface area (TPSA) is 4.93 Å². The molecule has 2 heteroatoms. The van der Waals surface area contributed by atoms with Crippen LogP contribution in [0.3, 0.4) is 0 Å². The quantitative estimate of drug-likeness (QED) is 0.608. The molecule has 0 bridgehead atoms. The number of hydrogen-bond acceptors (Lipinski definition) is 0. The second-order valence-corrected chi connectivity index (χ2v) is 2.86. The lowest BCUT2D eigenvalue weighted by Gasteiger charge is -2.04. The number of fused-ring (bicyclic) bond motifs is 1. The molecule has 0 fully saturated rings. The Hall–Kier alpha value is -1.31. The Kier molecular flexibility index (Phi) is 1.61. The van der Waals surface area contributed by atoms with Gasteiger partial charge in [-0.25, -0.2) is 4.39 Å². The summed E-state index contributed by atoms with van der Waals surface area (Å²) in [6.07, 6.45) is 0.819. The van der Waals surface area contributed by atoms with Crippen LogP contribution in [0.1, 0.15) is 13.2 Å². The van der Waals surface area contributed by atoms with E-state index in [1.54, 1.807) is 10.8 Å². The van der Waals surface area contributed by atoms with Crippen LogP contribution in [0, 0.1) is 0 Å². The molecule has 12 heavy (non-hydrogen) atoms. The summed E-state index contributed by atoms with van der Waals surface area (Å²) >= 11 is 0. The molecule has 1 aromatic carbocycles. The Labute approximate surface area is 70.4 Å². The van der Waals surface area contributed by atoms with Crippen molar-refractivity contribution in [3.05, 3.63) is 36.5 Å². The molecule has 0 aliphatic carbocycles. The molecule has 1 nitrogen and oxygen atoms in total. The maximum atomic E-state index is 13.0. The summed E-state index contributed by atoms with van der Waals surface area (Å²) in [6, 6.07) is 9.70. The summed E-state index contributed by atoms with van der Waals surface area (Å²) in [6.45, 7) is 1.53. The standard InChI is InChI=1S/C10H10FN/c1-8(11)12-7-6-9-4-2-3-5-10(9)12/h2-8H,1H3. The van der Waals surface area contributed by atoms with Crippen LogP contribution in [0.2, 0.25) is 0 Å². The van der Waals surface area contributed by atoms with Gasteiger partial charge in [-0.1, -0.05) is 18.2 Å². The molecule has 0 radical (unpaired) electrons. The number of alkyl halides is 1. The molecule has 0 aliphatic heterocycles. The molecule has 0 saturated heterocycles. The molecule has 0 saturated carbocycles. The monoisotopic (exact) mass is 163 g/mol. The van der Waals surface area contributed by atoms with Crippen molar-refractivity contribution in [2.75, 3.05) is 0 Å². The molecule has 1 unspecified atom stereocenters. The second kappa shape index (κ2) is 2.63. The summed E-state index contributed by atoms with van der Waals surface area (Å²) in [5, 5.41) is 1.09. The van der Waals surface area contributed by atoms with Crippen molar-refractivity contribution >= 4 is 10.9 Å². The number of aromatic nitrogens is 1. The van der Waals surface area contributed by atoms with Crippen LogP contribution in [-0.4, -0.2) is 4.57 Å². The van der Waals surface area contributed by atoms with Gasteiger partial charge < -0.3 is 4.57 Å². The highest BCUT2D eigenvalue weighted by Crippen LogP contribution is 2.19. The maximum absolute atomic E-state index is 13.0. The summed E-state index contributed by atoms with van der Waals surface area (Å²) in [4.78, 5) is 0. The van der Waals surface area contributed by atoms with Crippen LogP contribution in [0.4, 0.5) is 4.39 Å². The molecule has 62 valence electrons. The van der Waals surface area contributed by atoms with Gasteiger partial charge in [0, 0.05) is 6.20 Å². The van der Waals surface area contributed by atoms with Gasteiger partial charge in [0.15, 0.2) is 6.30 Å². The Bertz CT molecular complexity index is 389. The van der Waals surface area contributed by atoms with Gasteiger partial charge in [0.25, 0.3) is 0 Å². The van der Waals surface area contributed by atoms with Gasteiger partial charge in [0.2, 0.25) is 0 Å². The number of halogens is 1. The van der Waals surface area contributed by atoms with Crippen LogP contribution in [0.5, 0.6) is 0 Å². The van der Waals surface area contributed by atoms with Crippen molar-refractivity contribution in [1.82, 2.24) is 4.57 Å². The van der Waals surface area contributed by atoms with Crippen molar-refractivity contribution in [3.8, 4) is 0 Å². The highest BCUT2D eigenvalue weighted by Gasteiger charge is 2.04. The van der Waals surface area contributed by atoms with E-state index >= 15 is 0 Å². The van der Waals surface area contributed by atoms with Crippen LogP contribution in [0.25, 0.3) is 10.9 Å². The summed E-state index contributed by atoms with van der Waals surface area (Å²) < 4.78 is 14.6. The van der Waals surface area contributed by atoms with Crippen molar-refractivity contribution in [1.29, 1.82) is 0 Å². The van der Waals surface area contributed by atoms with E-state index in [9.17, 15) is 4.39 Å². The number of nitrogens with zero attached hydrogens (tertiary/aromatic N) is 1. The van der Waals surface area contributed by atoms with E-state index in [0.29, 0.717) is 0 Å². The van der Waals surface area contributed by atoms with Crippen LogP contribution in [0.15, 0.2) is 36.5 Å². The third kappa shape index (κ3) is 0.998.